The number of carbonyl (C=O) groups excluding carboxylic acids is 3. The molecule has 0 saturated carbocycles. The minimum atomic E-state index is -0.790. The predicted molar refractivity (Wildman–Crippen MR) is 130 cm³/mol. The van der Waals surface area contributed by atoms with Crippen molar-refractivity contribution in [2.45, 2.75) is 26.4 Å². The lowest BCUT2D eigenvalue weighted by Crippen LogP contribution is -2.51. The number of fused-ring (bicyclic) bond motifs is 1. The molecule has 1 atom stereocenters. The fraction of sp³-hybridized carbons (Fsp3) is 0.423. The fourth-order valence-electron chi connectivity index (χ4n) is 4.40. The number of benzene rings is 2. The van der Waals surface area contributed by atoms with Crippen molar-refractivity contribution in [3.63, 3.8) is 0 Å². The third kappa shape index (κ3) is 5.74. The van der Waals surface area contributed by atoms with Gasteiger partial charge in [0, 0.05) is 43.9 Å². The molecule has 1 saturated heterocycles. The molecule has 1 unspecified atom stereocenters. The van der Waals surface area contributed by atoms with Gasteiger partial charge in [-0.05, 0) is 31.0 Å². The Kier molecular flexibility index (Phi) is 7.55. The molecule has 2 aliphatic heterocycles. The number of nitrogens with one attached hydrogen (secondary N) is 1. The Bertz CT molecular complexity index is 1090. The zero-order chi connectivity index (χ0) is 24.9. The van der Waals surface area contributed by atoms with Crippen LogP contribution in [0.25, 0.3) is 0 Å². The number of amides is 2. The van der Waals surface area contributed by atoms with Crippen molar-refractivity contribution in [3.8, 4) is 11.5 Å². The van der Waals surface area contributed by atoms with Gasteiger partial charge in [0.25, 0.3) is 5.91 Å². The summed E-state index contributed by atoms with van der Waals surface area (Å²) in [4.78, 5) is 41.2. The molecule has 1 fully saturated rings. The standard InChI is InChI=1S/C26H31N3O6/c1-17-6-4-7-18(2)24(17)27-22(30)15-28-10-12-29(13-11-28)23(31)16-34-26(32)21-14-19-8-5-9-20(33-3)25(19)35-21/h4-9,21H,10-16H2,1-3H3,(H,27,30). The highest BCUT2D eigenvalue weighted by Crippen LogP contribution is 2.37. The molecule has 2 aliphatic rings. The summed E-state index contributed by atoms with van der Waals surface area (Å²) >= 11 is 0. The number of ether oxygens (including phenoxy) is 3. The van der Waals surface area contributed by atoms with E-state index in [1.807, 2.05) is 49.1 Å². The van der Waals surface area contributed by atoms with Crippen molar-refractivity contribution in [1.82, 2.24) is 9.80 Å². The second-order valence-electron chi connectivity index (χ2n) is 8.84. The van der Waals surface area contributed by atoms with E-state index >= 15 is 0 Å². The van der Waals surface area contributed by atoms with Gasteiger partial charge >= 0.3 is 5.97 Å². The summed E-state index contributed by atoms with van der Waals surface area (Å²) in [6, 6.07) is 11.4. The van der Waals surface area contributed by atoms with Crippen LogP contribution < -0.4 is 14.8 Å². The van der Waals surface area contributed by atoms with E-state index in [1.54, 1.807) is 18.1 Å². The van der Waals surface area contributed by atoms with Gasteiger partial charge in [-0.15, -0.1) is 0 Å². The first-order chi connectivity index (χ1) is 16.9. The average Bonchev–Trinajstić information content (AvgIpc) is 3.30. The summed E-state index contributed by atoms with van der Waals surface area (Å²) in [6.07, 6.45) is -0.413. The van der Waals surface area contributed by atoms with Gasteiger partial charge < -0.3 is 24.4 Å². The second kappa shape index (κ2) is 10.8. The molecule has 4 rings (SSSR count). The first-order valence-corrected chi connectivity index (χ1v) is 11.7. The Balaban J connectivity index is 1.19. The van der Waals surface area contributed by atoms with E-state index in [2.05, 4.69) is 5.32 Å². The van der Waals surface area contributed by atoms with Crippen molar-refractivity contribution in [2.75, 3.05) is 51.8 Å². The number of anilines is 1. The molecule has 9 nitrogen and oxygen atoms in total. The molecule has 2 heterocycles. The number of esters is 1. The third-order valence-corrected chi connectivity index (χ3v) is 6.38. The summed E-state index contributed by atoms with van der Waals surface area (Å²) < 4.78 is 16.2. The Morgan fingerprint density at radius 3 is 2.40 bits per heavy atom. The molecule has 2 amide bonds. The Morgan fingerprint density at radius 2 is 1.71 bits per heavy atom. The van der Waals surface area contributed by atoms with Crippen LogP contribution in [0.4, 0.5) is 5.69 Å². The van der Waals surface area contributed by atoms with Crippen LogP contribution in [0.5, 0.6) is 11.5 Å². The molecule has 0 aromatic heterocycles. The number of hydrogen-bond acceptors (Lipinski definition) is 7. The monoisotopic (exact) mass is 481 g/mol. The zero-order valence-electron chi connectivity index (χ0n) is 20.3. The van der Waals surface area contributed by atoms with Crippen LogP contribution in [0.3, 0.4) is 0 Å². The van der Waals surface area contributed by atoms with E-state index < -0.39 is 12.1 Å². The molecule has 0 bridgehead atoms. The topological polar surface area (TPSA) is 97.4 Å². The highest BCUT2D eigenvalue weighted by atomic mass is 16.6. The number of piperazine rings is 1. The molecular weight excluding hydrogens is 450 g/mol. The van der Waals surface area contributed by atoms with E-state index in [0.29, 0.717) is 44.1 Å². The van der Waals surface area contributed by atoms with Crippen molar-refractivity contribution >= 4 is 23.5 Å². The van der Waals surface area contributed by atoms with Crippen molar-refractivity contribution < 1.29 is 28.6 Å². The Hall–Kier alpha value is -3.59. The van der Waals surface area contributed by atoms with Crippen LogP contribution in [0, 0.1) is 13.8 Å². The zero-order valence-corrected chi connectivity index (χ0v) is 20.3. The van der Waals surface area contributed by atoms with Crippen molar-refractivity contribution in [3.05, 3.63) is 53.1 Å². The van der Waals surface area contributed by atoms with Gasteiger partial charge in [0.2, 0.25) is 5.91 Å². The van der Waals surface area contributed by atoms with Gasteiger partial charge in [0.15, 0.2) is 24.2 Å². The maximum atomic E-state index is 12.6. The predicted octanol–water partition coefficient (Wildman–Crippen LogP) is 1.94. The van der Waals surface area contributed by atoms with E-state index in [9.17, 15) is 14.4 Å². The number of carbonyl (C=O) groups is 3. The number of methoxy groups -OCH3 is 1. The van der Waals surface area contributed by atoms with E-state index in [1.165, 1.54) is 0 Å². The summed E-state index contributed by atoms with van der Waals surface area (Å²) in [5.41, 5.74) is 3.76. The highest BCUT2D eigenvalue weighted by Gasteiger charge is 2.33. The Labute approximate surface area is 204 Å². The van der Waals surface area contributed by atoms with Crippen LogP contribution in [0.1, 0.15) is 16.7 Å². The molecule has 0 aliphatic carbocycles. The first-order valence-electron chi connectivity index (χ1n) is 11.7. The fourth-order valence-corrected chi connectivity index (χ4v) is 4.40. The smallest absolute Gasteiger partial charge is 0.348 e. The van der Waals surface area contributed by atoms with Gasteiger partial charge in [0.1, 0.15) is 0 Å². The average molecular weight is 482 g/mol. The van der Waals surface area contributed by atoms with Crippen molar-refractivity contribution in [2.24, 2.45) is 0 Å². The van der Waals surface area contributed by atoms with Crippen LogP contribution >= 0.6 is 0 Å². The maximum Gasteiger partial charge on any atom is 0.348 e. The van der Waals surface area contributed by atoms with Gasteiger partial charge in [-0.3, -0.25) is 14.5 Å². The molecule has 0 radical (unpaired) electrons. The molecular formula is C26H31N3O6. The number of para-hydroxylation sites is 2. The van der Waals surface area contributed by atoms with Crippen molar-refractivity contribution in [1.29, 1.82) is 0 Å². The number of hydrogen-bond donors (Lipinski definition) is 1. The molecule has 35 heavy (non-hydrogen) atoms. The Morgan fingerprint density at radius 1 is 1.03 bits per heavy atom. The lowest BCUT2D eigenvalue weighted by atomic mass is 10.1. The lowest BCUT2D eigenvalue weighted by Gasteiger charge is -2.34. The molecule has 9 heteroatoms. The summed E-state index contributed by atoms with van der Waals surface area (Å²) in [5.74, 6) is 0.199. The third-order valence-electron chi connectivity index (χ3n) is 6.38. The van der Waals surface area contributed by atoms with Crippen LogP contribution in [0.2, 0.25) is 0 Å². The van der Waals surface area contributed by atoms with Gasteiger partial charge in [-0.2, -0.15) is 0 Å². The minimum absolute atomic E-state index is 0.0784. The van der Waals surface area contributed by atoms with Crippen LogP contribution in [-0.2, 0) is 25.5 Å². The molecule has 186 valence electrons. The van der Waals surface area contributed by atoms with E-state index in [-0.39, 0.29) is 25.0 Å². The molecule has 2 aromatic rings. The lowest BCUT2D eigenvalue weighted by molar-refractivity contribution is -0.158. The number of aryl methyl sites for hydroxylation is 2. The van der Waals surface area contributed by atoms with Crippen LogP contribution in [-0.4, -0.2) is 80.1 Å². The SMILES string of the molecule is COc1cccc2c1OC(C(=O)OCC(=O)N1CCN(CC(=O)Nc3c(C)cccc3C)CC1)C2. The van der Waals surface area contributed by atoms with Gasteiger partial charge in [-0.1, -0.05) is 30.3 Å². The summed E-state index contributed by atoms with van der Waals surface area (Å²) in [7, 11) is 1.54. The summed E-state index contributed by atoms with van der Waals surface area (Å²) in [5, 5.41) is 2.99. The van der Waals surface area contributed by atoms with Gasteiger partial charge in [-0.25, -0.2) is 4.79 Å². The quantitative estimate of drug-likeness (QED) is 0.604. The molecule has 2 aromatic carbocycles. The molecule has 1 N–H and O–H groups in total. The number of rotatable bonds is 7. The van der Waals surface area contributed by atoms with E-state index in [4.69, 9.17) is 14.2 Å². The second-order valence-corrected chi connectivity index (χ2v) is 8.84. The summed E-state index contributed by atoms with van der Waals surface area (Å²) in [6.45, 7) is 5.93. The van der Waals surface area contributed by atoms with Gasteiger partial charge in [0.05, 0.1) is 13.7 Å². The first kappa shape index (κ1) is 24.5. The maximum absolute atomic E-state index is 12.6. The normalized spacial score (nSPS) is 17.3. The minimum Gasteiger partial charge on any atom is -0.493 e. The molecule has 0 spiro atoms. The largest absolute Gasteiger partial charge is 0.493 e. The van der Waals surface area contributed by atoms with E-state index in [0.717, 1.165) is 22.4 Å². The number of nitrogens with zero attached hydrogens (tertiary/aromatic N) is 2. The van der Waals surface area contributed by atoms with Crippen LogP contribution in [0.15, 0.2) is 36.4 Å². The highest BCUT2D eigenvalue weighted by molar-refractivity contribution is 5.93.